The van der Waals surface area contributed by atoms with Crippen LogP contribution in [0.3, 0.4) is 0 Å². The average Bonchev–Trinajstić information content (AvgIpc) is 2.28. The van der Waals surface area contributed by atoms with Crippen molar-refractivity contribution in [3.8, 4) is 0 Å². The largest absolute Gasteiger partial charge is 0.349 e. The lowest BCUT2D eigenvalue weighted by atomic mass is 10.1. The van der Waals surface area contributed by atoms with Gasteiger partial charge in [-0.15, -0.1) is 11.6 Å². The van der Waals surface area contributed by atoms with Gasteiger partial charge < -0.3 is 9.47 Å². The summed E-state index contributed by atoms with van der Waals surface area (Å²) >= 11 is 5.89. The summed E-state index contributed by atoms with van der Waals surface area (Å²) in [6.45, 7) is 6.52. The van der Waals surface area contributed by atoms with Gasteiger partial charge >= 0.3 is 0 Å². The molecule has 1 aromatic rings. The van der Waals surface area contributed by atoms with Crippen molar-refractivity contribution in [2.45, 2.75) is 32.9 Å². The van der Waals surface area contributed by atoms with Gasteiger partial charge in [0.1, 0.15) is 0 Å². The molecule has 0 unspecified atom stereocenters. The van der Waals surface area contributed by atoms with E-state index >= 15 is 0 Å². The van der Waals surface area contributed by atoms with E-state index in [9.17, 15) is 4.79 Å². The highest BCUT2D eigenvalue weighted by molar-refractivity contribution is 6.18. The van der Waals surface area contributed by atoms with Crippen LogP contribution in [0.15, 0.2) is 17.2 Å². The lowest BCUT2D eigenvalue weighted by Gasteiger charge is -2.34. The lowest BCUT2D eigenvalue weighted by Crippen LogP contribution is -2.46. The fourth-order valence-electron chi connectivity index (χ4n) is 1.29. The number of rotatable bonds is 4. The van der Waals surface area contributed by atoms with Crippen molar-refractivity contribution in [1.82, 2.24) is 9.55 Å². The number of aromatic nitrogens is 2. The van der Waals surface area contributed by atoms with Gasteiger partial charge in [-0.3, -0.25) is 4.79 Å². The first-order valence-electron chi connectivity index (χ1n) is 5.29. The van der Waals surface area contributed by atoms with Gasteiger partial charge in [0.05, 0.1) is 0 Å². The van der Waals surface area contributed by atoms with Crippen LogP contribution in [-0.4, -0.2) is 28.0 Å². The number of aryl methyl sites for hydroxylation is 1. The zero-order valence-corrected chi connectivity index (χ0v) is 11.0. The molecule has 1 rings (SSSR count). The van der Waals surface area contributed by atoms with Gasteiger partial charge in [-0.2, -0.15) is 0 Å². The molecule has 0 radical (unpaired) electrons. The molecule has 4 nitrogen and oxygen atoms in total. The summed E-state index contributed by atoms with van der Waals surface area (Å²) < 4.78 is 1.63. The Kier molecular flexibility index (Phi) is 3.97. The summed E-state index contributed by atoms with van der Waals surface area (Å²) in [6.07, 6.45) is 3.33. The number of hydrogen-bond donors (Lipinski definition) is 0. The SMILES string of the molecule is CCn1ccnc(N(C)C(C)(C)CCl)c1=O. The topological polar surface area (TPSA) is 38.1 Å². The van der Waals surface area contributed by atoms with Crippen LogP contribution in [0.2, 0.25) is 0 Å². The first-order valence-corrected chi connectivity index (χ1v) is 5.82. The molecule has 90 valence electrons. The second kappa shape index (κ2) is 4.87. The Balaban J connectivity index is 3.19. The standard InChI is InChI=1S/C11H18ClN3O/c1-5-15-7-6-13-9(10(15)16)14(4)11(2,3)8-12/h6-7H,5,8H2,1-4H3. The summed E-state index contributed by atoms with van der Waals surface area (Å²) in [6, 6.07) is 0. The summed E-state index contributed by atoms with van der Waals surface area (Å²) in [5.41, 5.74) is -0.369. The molecule has 0 fully saturated rings. The molecular formula is C11H18ClN3O. The molecule has 0 saturated carbocycles. The highest BCUT2D eigenvalue weighted by Crippen LogP contribution is 2.18. The van der Waals surface area contributed by atoms with E-state index in [1.54, 1.807) is 17.0 Å². The molecule has 0 N–H and O–H groups in total. The highest BCUT2D eigenvalue weighted by atomic mass is 35.5. The molecule has 5 heteroatoms. The van der Waals surface area contributed by atoms with Crippen molar-refractivity contribution in [3.63, 3.8) is 0 Å². The van der Waals surface area contributed by atoms with Crippen molar-refractivity contribution < 1.29 is 0 Å². The van der Waals surface area contributed by atoms with Crippen LogP contribution in [0.1, 0.15) is 20.8 Å². The lowest BCUT2D eigenvalue weighted by molar-refractivity contribution is 0.534. The summed E-state index contributed by atoms with van der Waals surface area (Å²) in [5.74, 6) is 0.876. The van der Waals surface area contributed by atoms with Gasteiger partial charge in [0.2, 0.25) is 0 Å². The Bertz CT molecular complexity index is 414. The van der Waals surface area contributed by atoms with Crippen molar-refractivity contribution >= 4 is 17.4 Å². The second-order valence-corrected chi connectivity index (χ2v) is 4.61. The van der Waals surface area contributed by atoms with Gasteiger partial charge in [0.25, 0.3) is 5.56 Å². The van der Waals surface area contributed by atoms with Crippen molar-refractivity contribution in [2.75, 3.05) is 17.8 Å². The fourth-order valence-corrected chi connectivity index (χ4v) is 1.47. The van der Waals surface area contributed by atoms with E-state index in [-0.39, 0.29) is 11.1 Å². The number of halogens is 1. The molecule has 0 amide bonds. The van der Waals surface area contributed by atoms with Crippen molar-refractivity contribution in [1.29, 1.82) is 0 Å². The molecule has 1 heterocycles. The Morgan fingerprint density at radius 1 is 1.56 bits per heavy atom. The van der Waals surface area contributed by atoms with Crippen LogP contribution < -0.4 is 10.5 Å². The zero-order chi connectivity index (χ0) is 12.3. The maximum absolute atomic E-state index is 12.0. The minimum atomic E-state index is -0.291. The minimum Gasteiger partial charge on any atom is -0.349 e. The molecular weight excluding hydrogens is 226 g/mol. The Hall–Kier alpha value is -1.03. The monoisotopic (exact) mass is 243 g/mol. The molecule has 0 atom stereocenters. The maximum atomic E-state index is 12.0. The third-order valence-corrected chi connectivity index (χ3v) is 3.44. The van der Waals surface area contributed by atoms with Crippen LogP contribution in [0, 0.1) is 0 Å². The molecule has 0 aliphatic carbocycles. The number of hydrogen-bond acceptors (Lipinski definition) is 3. The quantitative estimate of drug-likeness (QED) is 0.756. The number of anilines is 1. The molecule has 0 saturated heterocycles. The van der Waals surface area contributed by atoms with Gasteiger partial charge in [-0.05, 0) is 20.8 Å². The van der Waals surface area contributed by atoms with Crippen molar-refractivity contribution in [2.24, 2.45) is 0 Å². The van der Waals surface area contributed by atoms with Crippen LogP contribution >= 0.6 is 11.6 Å². The summed E-state index contributed by atoms with van der Waals surface area (Å²) in [4.78, 5) is 18.0. The molecule has 0 aliphatic rings. The molecule has 0 bridgehead atoms. The van der Waals surface area contributed by atoms with Gasteiger partial charge in [0.15, 0.2) is 5.82 Å². The molecule has 0 aromatic carbocycles. The van der Waals surface area contributed by atoms with Gasteiger partial charge in [-0.1, -0.05) is 0 Å². The van der Waals surface area contributed by atoms with Gasteiger partial charge in [0, 0.05) is 37.4 Å². The van der Waals surface area contributed by atoms with Crippen molar-refractivity contribution in [3.05, 3.63) is 22.7 Å². The zero-order valence-electron chi connectivity index (χ0n) is 10.2. The van der Waals surface area contributed by atoms with E-state index in [0.29, 0.717) is 18.2 Å². The fraction of sp³-hybridized carbons (Fsp3) is 0.636. The molecule has 1 aromatic heterocycles. The van der Waals surface area contributed by atoms with E-state index in [1.807, 2.05) is 32.7 Å². The van der Waals surface area contributed by atoms with Crippen LogP contribution in [0.25, 0.3) is 0 Å². The van der Waals surface area contributed by atoms with E-state index in [0.717, 1.165) is 0 Å². The molecule has 0 aliphatic heterocycles. The average molecular weight is 244 g/mol. The van der Waals surface area contributed by atoms with E-state index in [4.69, 9.17) is 11.6 Å². The third-order valence-electron chi connectivity index (χ3n) is 2.79. The van der Waals surface area contributed by atoms with Crippen LogP contribution in [0.4, 0.5) is 5.82 Å². The normalized spacial score (nSPS) is 11.6. The predicted octanol–water partition coefficient (Wildman–Crippen LogP) is 1.72. The maximum Gasteiger partial charge on any atom is 0.293 e. The number of nitrogens with zero attached hydrogens (tertiary/aromatic N) is 3. The number of alkyl halides is 1. The Morgan fingerprint density at radius 3 is 2.69 bits per heavy atom. The first-order chi connectivity index (χ1) is 7.44. The van der Waals surface area contributed by atoms with E-state index in [1.165, 1.54) is 0 Å². The summed E-state index contributed by atoms with van der Waals surface area (Å²) in [5, 5.41) is 0. The minimum absolute atomic E-state index is 0.0781. The smallest absolute Gasteiger partial charge is 0.293 e. The van der Waals surface area contributed by atoms with Gasteiger partial charge in [-0.25, -0.2) is 4.98 Å². The predicted molar refractivity (Wildman–Crippen MR) is 67.4 cm³/mol. The molecule has 0 spiro atoms. The van der Waals surface area contributed by atoms with Crippen LogP contribution in [-0.2, 0) is 6.54 Å². The Morgan fingerprint density at radius 2 is 2.19 bits per heavy atom. The first kappa shape index (κ1) is 13.0. The molecule has 16 heavy (non-hydrogen) atoms. The Labute approximate surface area is 101 Å². The van der Waals surface area contributed by atoms with E-state index < -0.39 is 0 Å². The summed E-state index contributed by atoms with van der Waals surface area (Å²) in [7, 11) is 1.84. The van der Waals surface area contributed by atoms with E-state index in [2.05, 4.69) is 4.98 Å². The third kappa shape index (κ3) is 2.38. The second-order valence-electron chi connectivity index (χ2n) is 4.35. The van der Waals surface area contributed by atoms with Crippen LogP contribution in [0.5, 0.6) is 0 Å². The highest BCUT2D eigenvalue weighted by Gasteiger charge is 2.25.